The number of benzene rings is 2. The Morgan fingerprint density at radius 2 is 2.00 bits per heavy atom. The molecule has 1 N–H and O–H groups in total. The molecule has 0 bridgehead atoms. The zero-order valence-electron chi connectivity index (χ0n) is 17.0. The van der Waals surface area contributed by atoms with Gasteiger partial charge < -0.3 is 5.32 Å². The molecule has 1 aliphatic heterocycles. The van der Waals surface area contributed by atoms with Gasteiger partial charge in [0.25, 0.3) is 0 Å². The molecule has 2 aromatic rings. The summed E-state index contributed by atoms with van der Waals surface area (Å²) in [6.45, 7) is 3.30. The Labute approximate surface area is 188 Å². The third-order valence-electron chi connectivity index (χ3n) is 5.10. The van der Waals surface area contributed by atoms with Gasteiger partial charge in [-0.1, -0.05) is 41.4 Å². The lowest BCUT2D eigenvalue weighted by atomic mass is 9.99. The summed E-state index contributed by atoms with van der Waals surface area (Å²) < 4.78 is 27.2. The molecule has 1 saturated heterocycles. The predicted octanol–water partition coefficient (Wildman–Crippen LogP) is 4.10. The smallest absolute Gasteiger partial charge is 0.243 e. The lowest BCUT2D eigenvalue weighted by molar-refractivity contribution is -0.125. The average molecular weight is 467 g/mol. The third kappa shape index (κ3) is 6.23. The number of amides is 1. The van der Waals surface area contributed by atoms with Crippen LogP contribution >= 0.6 is 23.4 Å². The largest absolute Gasteiger partial charge is 0.355 e. The Morgan fingerprint density at radius 1 is 1.23 bits per heavy atom. The van der Waals surface area contributed by atoms with Crippen LogP contribution in [0.1, 0.15) is 24.0 Å². The fraction of sp³-hybridized carbons (Fsp3) is 0.409. The second kappa shape index (κ2) is 10.7. The molecular weight excluding hydrogens is 440 g/mol. The molecule has 1 unspecified atom stereocenters. The van der Waals surface area contributed by atoms with E-state index >= 15 is 0 Å². The van der Waals surface area contributed by atoms with Crippen molar-refractivity contribution in [3.05, 3.63) is 64.7 Å². The molecular formula is C22H27ClN2O3S2. The summed E-state index contributed by atoms with van der Waals surface area (Å²) in [5, 5.41) is 3.46. The van der Waals surface area contributed by atoms with E-state index in [0.717, 1.165) is 11.5 Å². The van der Waals surface area contributed by atoms with Crippen molar-refractivity contribution in [2.24, 2.45) is 5.92 Å². The van der Waals surface area contributed by atoms with Crippen LogP contribution in [-0.2, 0) is 20.6 Å². The van der Waals surface area contributed by atoms with E-state index in [4.69, 9.17) is 11.6 Å². The zero-order chi connectivity index (χ0) is 21.6. The van der Waals surface area contributed by atoms with Crippen LogP contribution in [-0.4, -0.2) is 44.0 Å². The first kappa shape index (κ1) is 23.1. The number of carbonyl (C=O) groups excluding carboxylic acids is 1. The van der Waals surface area contributed by atoms with Crippen molar-refractivity contribution in [3.63, 3.8) is 0 Å². The highest BCUT2D eigenvalue weighted by molar-refractivity contribution is 7.98. The van der Waals surface area contributed by atoms with Crippen LogP contribution in [0.2, 0.25) is 5.02 Å². The summed E-state index contributed by atoms with van der Waals surface area (Å²) in [4.78, 5) is 12.8. The van der Waals surface area contributed by atoms with Crippen molar-refractivity contribution in [2.75, 3.05) is 25.4 Å². The highest BCUT2D eigenvalue weighted by Crippen LogP contribution is 2.25. The van der Waals surface area contributed by atoms with Crippen LogP contribution < -0.4 is 5.32 Å². The molecule has 162 valence electrons. The predicted molar refractivity (Wildman–Crippen MR) is 123 cm³/mol. The number of hydrogen-bond donors (Lipinski definition) is 1. The number of nitrogens with one attached hydrogen (secondary N) is 1. The van der Waals surface area contributed by atoms with Crippen LogP contribution in [0.5, 0.6) is 0 Å². The molecule has 3 rings (SSSR count). The zero-order valence-corrected chi connectivity index (χ0v) is 19.4. The van der Waals surface area contributed by atoms with Gasteiger partial charge in [0.15, 0.2) is 0 Å². The highest BCUT2D eigenvalue weighted by atomic mass is 35.5. The Kier molecular flexibility index (Phi) is 8.22. The molecule has 0 spiro atoms. The molecule has 30 heavy (non-hydrogen) atoms. The van der Waals surface area contributed by atoms with Gasteiger partial charge in [0.05, 0.1) is 10.8 Å². The summed E-state index contributed by atoms with van der Waals surface area (Å²) in [5.41, 5.74) is 2.53. The molecule has 0 aromatic heterocycles. The van der Waals surface area contributed by atoms with Crippen molar-refractivity contribution in [2.45, 2.75) is 30.4 Å². The van der Waals surface area contributed by atoms with Crippen LogP contribution in [0, 0.1) is 12.8 Å². The summed E-state index contributed by atoms with van der Waals surface area (Å²) in [7, 11) is -3.62. The summed E-state index contributed by atoms with van der Waals surface area (Å²) >= 11 is 7.64. The standard InChI is InChI=1S/C22H27ClN2O3S2/c1-17-4-2-5-18(14-17)16-29-13-11-24-22(26)19-6-3-12-25(15-19)30(27,28)21-9-7-20(23)8-10-21/h2,4-5,7-10,14,19H,3,6,11-13,15-16H2,1H3,(H,24,26). The first-order chi connectivity index (χ1) is 14.4. The van der Waals surface area contributed by atoms with Gasteiger partial charge in [-0.2, -0.15) is 16.1 Å². The number of nitrogens with zero attached hydrogens (tertiary/aromatic N) is 1. The van der Waals surface area contributed by atoms with E-state index in [1.54, 1.807) is 23.9 Å². The fourth-order valence-electron chi connectivity index (χ4n) is 3.51. The molecule has 0 aliphatic carbocycles. The van der Waals surface area contributed by atoms with Crippen molar-refractivity contribution < 1.29 is 13.2 Å². The quantitative estimate of drug-likeness (QED) is 0.595. The van der Waals surface area contributed by atoms with E-state index < -0.39 is 10.0 Å². The minimum Gasteiger partial charge on any atom is -0.355 e. The molecule has 5 nitrogen and oxygen atoms in total. The monoisotopic (exact) mass is 466 g/mol. The molecule has 1 amide bonds. The topological polar surface area (TPSA) is 66.5 Å². The van der Waals surface area contributed by atoms with Gasteiger partial charge in [0.1, 0.15) is 0 Å². The molecule has 0 saturated carbocycles. The first-order valence-electron chi connectivity index (χ1n) is 10.0. The highest BCUT2D eigenvalue weighted by Gasteiger charge is 2.33. The molecule has 1 fully saturated rings. The second-order valence-electron chi connectivity index (χ2n) is 7.49. The van der Waals surface area contributed by atoms with Gasteiger partial charge in [-0.15, -0.1) is 0 Å². The minimum atomic E-state index is -3.62. The second-order valence-corrected chi connectivity index (χ2v) is 11.0. The first-order valence-corrected chi connectivity index (χ1v) is 13.0. The van der Waals surface area contributed by atoms with E-state index in [2.05, 4.69) is 36.5 Å². The maximum atomic E-state index is 12.9. The summed E-state index contributed by atoms with van der Waals surface area (Å²) in [6, 6.07) is 14.6. The number of rotatable bonds is 8. The fourth-order valence-corrected chi connectivity index (χ4v) is 5.97. The van der Waals surface area contributed by atoms with Crippen LogP contribution in [0.4, 0.5) is 0 Å². The number of halogens is 1. The number of piperidine rings is 1. The number of aryl methyl sites for hydroxylation is 1. The number of carbonyl (C=O) groups is 1. The van der Waals surface area contributed by atoms with Crippen LogP contribution in [0.25, 0.3) is 0 Å². The van der Waals surface area contributed by atoms with Crippen molar-refractivity contribution in [3.8, 4) is 0 Å². The van der Waals surface area contributed by atoms with E-state index in [0.29, 0.717) is 31.0 Å². The van der Waals surface area contributed by atoms with E-state index in [1.807, 2.05) is 0 Å². The number of hydrogen-bond acceptors (Lipinski definition) is 4. The number of sulfonamides is 1. The van der Waals surface area contributed by atoms with Crippen LogP contribution in [0.3, 0.4) is 0 Å². The molecule has 2 aromatic carbocycles. The average Bonchev–Trinajstić information content (AvgIpc) is 2.74. The van der Waals surface area contributed by atoms with Gasteiger partial charge in [-0.25, -0.2) is 8.42 Å². The van der Waals surface area contributed by atoms with Crippen LogP contribution in [0.15, 0.2) is 53.4 Å². The number of thioether (sulfide) groups is 1. The Morgan fingerprint density at radius 3 is 2.73 bits per heavy atom. The van der Waals surface area contributed by atoms with E-state index in [-0.39, 0.29) is 23.3 Å². The molecule has 1 heterocycles. The maximum absolute atomic E-state index is 12.9. The van der Waals surface area contributed by atoms with E-state index in [1.165, 1.54) is 27.6 Å². The van der Waals surface area contributed by atoms with Crippen molar-refractivity contribution >= 4 is 39.3 Å². The van der Waals surface area contributed by atoms with Gasteiger partial charge in [-0.05, 0) is 49.6 Å². The van der Waals surface area contributed by atoms with Crippen molar-refractivity contribution in [1.82, 2.24) is 9.62 Å². The maximum Gasteiger partial charge on any atom is 0.243 e. The summed E-state index contributed by atoms with van der Waals surface area (Å²) in [6.07, 6.45) is 1.38. The Bertz CT molecular complexity index is 965. The van der Waals surface area contributed by atoms with Gasteiger partial charge >= 0.3 is 0 Å². The Hall–Kier alpha value is -1.54. The Balaban J connectivity index is 1.46. The lowest BCUT2D eigenvalue weighted by Crippen LogP contribution is -2.45. The van der Waals surface area contributed by atoms with E-state index in [9.17, 15) is 13.2 Å². The lowest BCUT2D eigenvalue weighted by Gasteiger charge is -2.31. The van der Waals surface area contributed by atoms with Gasteiger partial charge in [-0.3, -0.25) is 4.79 Å². The summed E-state index contributed by atoms with van der Waals surface area (Å²) in [5.74, 6) is 1.34. The molecule has 8 heteroatoms. The third-order valence-corrected chi connectivity index (χ3v) is 8.26. The minimum absolute atomic E-state index is 0.0674. The molecule has 0 radical (unpaired) electrons. The molecule has 1 aliphatic rings. The molecule has 1 atom stereocenters. The van der Waals surface area contributed by atoms with Gasteiger partial charge in [0, 0.05) is 36.2 Å². The SMILES string of the molecule is Cc1cccc(CSCCNC(=O)C2CCCN(S(=O)(=O)c3ccc(Cl)cc3)C2)c1. The van der Waals surface area contributed by atoms with Gasteiger partial charge in [0.2, 0.25) is 15.9 Å². The van der Waals surface area contributed by atoms with Crippen molar-refractivity contribution in [1.29, 1.82) is 0 Å². The normalized spacial score (nSPS) is 17.6.